The molecule has 1 heterocycles. The Morgan fingerprint density at radius 1 is 0.913 bits per heavy atom. The van der Waals surface area contributed by atoms with Crippen LogP contribution in [0.4, 0.5) is 0 Å². The van der Waals surface area contributed by atoms with Gasteiger partial charge in [-0.05, 0) is 82.5 Å². The fourth-order valence-electron chi connectivity index (χ4n) is 4.33. The lowest BCUT2D eigenvalue weighted by Crippen LogP contribution is -2.63. The zero-order chi connectivity index (χ0) is 17.8. The van der Waals surface area contributed by atoms with Gasteiger partial charge in [0.1, 0.15) is 0 Å². The molecule has 23 heavy (non-hydrogen) atoms. The first-order valence-electron chi connectivity index (χ1n) is 9.98. The van der Waals surface area contributed by atoms with E-state index >= 15 is 0 Å². The van der Waals surface area contributed by atoms with E-state index in [1.165, 1.54) is 12.8 Å². The van der Waals surface area contributed by atoms with Gasteiger partial charge in [-0.25, -0.2) is 0 Å². The Bertz CT molecular complexity index is 352. The fraction of sp³-hybridized carbons (Fsp3) is 1.00. The van der Waals surface area contributed by atoms with Crippen molar-refractivity contribution in [1.82, 2.24) is 5.06 Å². The van der Waals surface area contributed by atoms with Crippen molar-refractivity contribution in [3.8, 4) is 0 Å². The van der Waals surface area contributed by atoms with Gasteiger partial charge in [0.15, 0.2) is 0 Å². The van der Waals surface area contributed by atoms with E-state index in [4.69, 9.17) is 0 Å². The maximum absolute atomic E-state index is 13.5. The van der Waals surface area contributed by atoms with Crippen LogP contribution in [0.2, 0.25) is 0 Å². The van der Waals surface area contributed by atoms with Gasteiger partial charge < -0.3 is 0 Å². The van der Waals surface area contributed by atoms with E-state index in [0.29, 0.717) is 23.7 Å². The Morgan fingerprint density at radius 3 is 1.91 bits per heavy atom. The Balaban J connectivity index is 2.96. The first-order chi connectivity index (χ1) is 10.5. The molecule has 1 saturated heterocycles. The Labute approximate surface area is 146 Å². The van der Waals surface area contributed by atoms with Crippen molar-refractivity contribution < 1.29 is 5.21 Å². The van der Waals surface area contributed by atoms with Crippen molar-refractivity contribution in [2.45, 2.75) is 111 Å². The second-order valence-electron chi connectivity index (χ2n) is 9.88. The maximum atomic E-state index is 13.5. The van der Waals surface area contributed by atoms with Gasteiger partial charge in [0.25, 0.3) is 0 Å². The van der Waals surface area contributed by atoms with Gasteiger partial charge in [-0.2, -0.15) is 0 Å². The number of piperidine rings is 1. The van der Waals surface area contributed by atoms with Crippen LogP contribution in [-0.4, -0.2) is 16.1 Å². The molecule has 2 heteroatoms. The maximum Gasteiger partial charge on any atom is 0.0500 e. The van der Waals surface area contributed by atoms with Crippen LogP contribution >= 0.6 is 0 Å². The smallest absolute Gasteiger partial charge is 0.0500 e. The molecule has 0 aromatic carbocycles. The summed E-state index contributed by atoms with van der Waals surface area (Å²) < 4.78 is 0. The van der Waals surface area contributed by atoms with E-state index in [1.807, 2.05) is 0 Å². The minimum Gasteiger partial charge on any atom is -0.143 e. The summed E-state index contributed by atoms with van der Waals surface area (Å²) in [4.78, 5) is 0. The molecule has 0 saturated carbocycles. The predicted octanol–water partition coefficient (Wildman–Crippen LogP) is 6.48. The van der Waals surface area contributed by atoms with Crippen molar-refractivity contribution in [2.75, 3.05) is 0 Å². The van der Waals surface area contributed by atoms with E-state index in [0.717, 1.165) is 32.1 Å². The molecule has 1 rings (SSSR count). The van der Waals surface area contributed by atoms with Gasteiger partial charge in [0.2, 0.25) is 0 Å². The van der Waals surface area contributed by atoms with Crippen molar-refractivity contribution in [3.63, 3.8) is 0 Å². The highest BCUT2D eigenvalue weighted by atomic mass is 16.5. The molecular weight excluding hydrogens is 282 g/mol. The third kappa shape index (κ3) is 5.46. The molecular formula is C21H42NO. The quantitative estimate of drug-likeness (QED) is 0.501. The molecule has 0 aliphatic carbocycles. The highest BCUT2D eigenvalue weighted by Gasteiger charge is 2.51. The van der Waals surface area contributed by atoms with Gasteiger partial charge >= 0.3 is 0 Å². The number of hydrogen-bond acceptors (Lipinski definition) is 1. The Morgan fingerprint density at radius 2 is 1.43 bits per heavy atom. The van der Waals surface area contributed by atoms with Crippen LogP contribution in [0, 0.1) is 23.7 Å². The van der Waals surface area contributed by atoms with Gasteiger partial charge in [0, 0.05) is 11.1 Å². The third-order valence-corrected chi connectivity index (χ3v) is 6.11. The number of rotatable bonds is 8. The van der Waals surface area contributed by atoms with Crippen LogP contribution < -0.4 is 0 Å². The topological polar surface area (TPSA) is 23.1 Å². The van der Waals surface area contributed by atoms with Gasteiger partial charge in [-0.15, -0.1) is 10.3 Å². The largest absolute Gasteiger partial charge is 0.143 e. The minimum atomic E-state index is -0.182. The molecule has 0 bridgehead atoms. The summed E-state index contributed by atoms with van der Waals surface area (Å²) in [6, 6.07) is 0. The van der Waals surface area contributed by atoms with E-state index < -0.39 is 0 Å². The average molecular weight is 325 g/mol. The van der Waals surface area contributed by atoms with Crippen molar-refractivity contribution >= 4 is 0 Å². The molecule has 3 unspecified atom stereocenters. The Kier molecular flexibility index (Phi) is 7.60. The molecule has 1 aliphatic heterocycles. The second kappa shape index (κ2) is 8.34. The summed E-state index contributed by atoms with van der Waals surface area (Å²) in [5, 5.41) is 15.1. The van der Waals surface area contributed by atoms with Gasteiger partial charge in [-0.1, -0.05) is 41.5 Å². The standard InChI is InChI=1S/C21H42NO/c1-16(2)9-12-20(7)13-11-19(15-18(5)6)21(8,22(20)23)14-10-17(3)4/h16-19H,9-15H2,1-8H3. The lowest BCUT2D eigenvalue weighted by molar-refractivity contribution is -0.315. The first kappa shape index (κ1) is 21.0. The summed E-state index contributed by atoms with van der Waals surface area (Å²) in [5.74, 6) is 2.57. The van der Waals surface area contributed by atoms with Crippen LogP contribution in [0.1, 0.15) is 100 Å². The third-order valence-electron chi connectivity index (χ3n) is 6.11. The first-order valence-corrected chi connectivity index (χ1v) is 9.98. The highest BCUT2D eigenvalue weighted by Crippen LogP contribution is 2.48. The summed E-state index contributed by atoms with van der Waals surface area (Å²) in [5.41, 5.74) is -0.345. The van der Waals surface area contributed by atoms with Crippen LogP contribution in [-0.2, 0) is 5.21 Å². The van der Waals surface area contributed by atoms with Gasteiger partial charge in [-0.3, -0.25) is 0 Å². The van der Waals surface area contributed by atoms with Crippen LogP contribution in [0.5, 0.6) is 0 Å². The average Bonchev–Trinajstić information content (AvgIpc) is 2.44. The summed E-state index contributed by atoms with van der Waals surface area (Å²) >= 11 is 0. The summed E-state index contributed by atoms with van der Waals surface area (Å²) in [6.45, 7) is 18.2. The highest BCUT2D eigenvalue weighted by molar-refractivity contribution is 5.02. The number of nitrogens with zero attached hydrogens (tertiary/aromatic N) is 1. The molecule has 0 spiro atoms. The molecule has 0 aromatic rings. The molecule has 0 amide bonds. The van der Waals surface area contributed by atoms with Crippen LogP contribution in [0.25, 0.3) is 0 Å². The number of hydrogen-bond donors (Lipinski definition) is 0. The molecule has 3 atom stereocenters. The van der Waals surface area contributed by atoms with Crippen LogP contribution in [0.15, 0.2) is 0 Å². The van der Waals surface area contributed by atoms with Crippen molar-refractivity contribution in [1.29, 1.82) is 0 Å². The monoisotopic (exact) mass is 324 g/mol. The molecule has 1 fully saturated rings. The second-order valence-corrected chi connectivity index (χ2v) is 9.88. The Hall–Kier alpha value is -0.0800. The van der Waals surface area contributed by atoms with Crippen LogP contribution in [0.3, 0.4) is 0 Å². The normalized spacial score (nSPS) is 33.1. The predicted molar refractivity (Wildman–Crippen MR) is 99.7 cm³/mol. The summed E-state index contributed by atoms with van der Waals surface area (Å²) in [7, 11) is 0. The van der Waals surface area contributed by atoms with E-state index in [9.17, 15) is 5.21 Å². The lowest BCUT2D eigenvalue weighted by Gasteiger charge is -2.55. The molecule has 137 valence electrons. The molecule has 0 N–H and O–H groups in total. The van der Waals surface area contributed by atoms with Gasteiger partial charge in [0.05, 0.1) is 0 Å². The minimum absolute atomic E-state index is 0.163. The zero-order valence-corrected chi connectivity index (χ0v) is 17.1. The lowest BCUT2D eigenvalue weighted by atomic mass is 9.66. The van der Waals surface area contributed by atoms with E-state index in [2.05, 4.69) is 55.4 Å². The summed E-state index contributed by atoms with van der Waals surface area (Å²) in [6.07, 6.45) is 7.88. The zero-order valence-electron chi connectivity index (χ0n) is 17.1. The van der Waals surface area contributed by atoms with Crippen molar-refractivity contribution in [2.24, 2.45) is 23.7 Å². The fourth-order valence-corrected chi connectivity index (χ4v) is 4.33. The SMILES string of the molecule is CC(C)CCC1(C)CCC(CC(C)C)C(C)(CCC(C)C)N1[O]. The molecule has 0 aromatic heterocycles. The molecule has 1 aliphatic rings. The van der Waals surface area contributed by atoms with Crippen molar-refractivity contribution in [3.05, 3.63) is 0 Å². The molecule has 2 nitrogen and oxygen atoms in total. The molecule has 1 radical (unpaired) electrons. The number of hydroxylamine groups is 2. The van der Waals surface area contributed by atoms with E-state index in [1.54, 1.807) is 5.06 Å². The van der Waals surface area contributed by atoms with E-state index in [-0.39, 0.29) is 11.1 Å².